The standard InChI is InChI=1S/C8H16IO2/c1-3-5-6-7-11-8(10)9-4-2/h3-7H2,1-2H3/q-1. The first-order valence-corrected chi connectivity index (χ1v) is 6.67. The first kappa shape index (κ1) is 11.2. The number of carbonyl (C=O) groups is 1. The Balaban J connectivity index is 3.04. The molecule has 0 radical (unpaired) electrons. The van der Waals surface area contributed by atoms with Crippen molar-refractivity contribution in [3.63, 3.8) is 0 Å². The molecule has 0 atom stereocenters. The molecule has 0 rings (SSSR count). The molecule has 2 nitrogen and oxygen atoms in total. The van der Waals surface area contributed by atoms with E-state index in [0.29, 0.717) is 6.61 Å². The molecule has 0 unspecified atom stereocenters. The van der Waals surface area contributed by atoms with E-state index < -0.39 is 0 Å². The third-order valence-corrected chi connectivity index (χ3v) is 2.90. The van der Waals surface area contributed by atoms with Crippen LogP contribution in [0.25, 0.3) is 0 Å². The molecule has 0 bridgehead atoms. The predicted molar refractivity (Wildman–Crippen MR) is 41.4 cm³/mol. The van der Waals surface area contributed by atoms with E-state index in [1.54, 1.807) is 0 Å². The van der Waals surface area contributed by atoms with Crippen LogP contribution in [0.4, 0.5) is 4.79 Å². The van der Waals surface area contributed by atoms with Crippen molar-refractivity contribution < 1.29 is 30.7 Å². The molecule has 0 heterocycles. The van der Waals surface area contributed by atoms with E-state index in [2.05, 4.69) is 6.92 Å². The first-order chi connectivity index (χ1) is 5.31. The Morgan fingerprint density at radius 3 is 2.64 bits per heavy atom. The summed E-state index contributed by atoms with van der Waals surface area (Å²) in [6.45, 7) is 4.80. The van der Waals surface area contributed by atoms with E-state index in [4.69, 9.17) is 4.74 Å². The van der Waals surface area contributed by atoms with Crippen molar-refractivity contribution in [3.05, 3.63) is 0 Å². The zero-order valence-corrected chi connectivity index (χ0v) is 9.39. The van der Waals surface area contributed by atoms with E-state index in [1.165, 1.54) is 6.42 Å². The predicted octanol–water partition coefficient (Wildman–Crippen LogP) is -0.578. The van der Waals surface area contributed by atoms with Crippen molar-refractivity contribution in [2.45, 2.75) is 33.1 Å². The molecule has 3 heteroatoms. The van der Waals surface area contributed by atoms with Crippen LogP contribution >= 0.6 is 0 Å². The van der Waals surface area contributed by atoms with E-state index in [9.17, 15) is 4.79 Å². The molecule has 11 heavy (non-hydrogen) atoms. The van der Waals surface area contributed by atoms with Crippen LogP contribution in [0.5, 0.6) is 0 Å². The van der Waals surface area contributed by atoms with Gasteiger partial charge in [-0.25, -0.2) is 0 Å². The molecule has 0 aliphatic heterocycles. The van der Waals surface area contributed by atoms with E-state index in [-0.39, 0.29) is 25.2 Å². The topological polar surface area (TPSA) is 26.3 Å². The maximum atomic E-state index is 10.8. The summed E-state index contributed by atoms with van der Waals surface area (Å²) < 4.78 is 6.04. The van der Waals surface area contributed by atoms with Gasteiger partial charge in [-0.1, -0.05) is 0 Å². The second-order valence-corrected chi connectivity index (χ2v) is 5.36. The summed E-state index contributed by atoms with van der Waals surface area (Å²) in [5.41, 5.74) is 0. The average Bonchev–Trinajstić information content (AvgIpc) is 1.99. The van der Waals surface area contributed by atoms with Crippen molar-refractivity contribution >= 4 is 3.98 Å². The van der Waals surface area contributed by atoms with Gasteiger partial charge in [0.25, 0.3) is 0 Å². The molecule has 0 aromatic heterocycles. The summed E-state index contributed by atoms with van der Waals surface area (Å²) in [6.07, 6.45) is 3.37. The van der Waals surface area contributed by atoms with Gasteiger partial charge in [0.1, 0.15) is 0 Å². The second kappa shape index (κ2) is 8.30. The fourth-order valence-electron chi connectivity index (χ4n) is 0.652. The fraction of sp³-hybridized carbons (Fsp3) is 0.875. The Kier molecular flexibility index (Phi) is 8.45. The molecule has 0 spiro atoms. The van der Waals surface area contributed by atoms with Gasteiger partial charge in [-0.2, -0.15) is 0 Å². The van der Waals surface area contributed by atoms with Crippen molar-refractivity contribution in [2.24, 2.45) is 0 Å². The van der Waals surface area contributed by atoms with Gasteiger partial charge in [-0.3, -0.25) is 0 Å². The van der Waals surface area contributed by atoms with Gasteiger partial charge >= 0.3 is 78.9 Å². The van der Waals surface area contributed by atoms with Crippen LogP contribution in [-0.4, -0.2) is 15.0 Å². The Morgan fingerprint density at radius 1 is 1.36 bits per heavy atom. The SMILES string of the molecule is CCCCCOC(=O)[I-]CC. The van der Waals surface area contributed by atoms with Crippen molar-refractivity contribution in [1.82, 2.24) is 0 Å². The quantitative estimate of drug-likeness (QED) is 0.280. The number of rotatable bonds is 6. The molecule has 0 fully saturated rings. The molecule has 68 valence electrons. The van der Waals surface area contributed by atoms with E-state index in [0.717, 1.165) is 17.3 Å². The van der Waals surface area contributed by atoms with Crippen LogP contribution in [0.2, 0.25) is 0 Å². The van der Waals surface area contributed by atoms with Crippen LogP contribution in [0.3, 0.4) is 0 Å². The molecule has 0 N–H and O–H groups in total. The number of hydrogen-bond donors (Lipinski definition) is 0. The molecular weight excluding hydrogens is 255 g/mol. The van der Waals surface area contributed by atoms with Crippen molar-refractivity contribution in [2.75, 3.05) is 11.0 Å². The Bertz CT molecular complexity index is 104. The minimum absolute atomic E-state index is 0.0578. The van der Waals surface area contributed by atoms with Crippen LogP contribution in [0.1, 0.15) is 33.1 Å². The van der Waals surface area contributed by atoms with Gasteiger partial charge < -0.3 is 0 Å². The Morgan fingerprint density at radius 2 is 2.09 bits per heavy atom. The number of carbonyl (C=O) groups excluding carboxylic acids is 1. The van der Waals surface area contributed by atoms with Crippen LogP contribution in [0, 0.1) is 0 Å². The zero-order chi connectivity index (χ0) is 8.53. The Labute approximate surface area is 79.0 Å². The van der Waals surface area contributed by atoms with Gasteiger partial charge in [0, 0.05) is 0 Å². The Hall–Kier alpha value is 0.200. The zero-order valence-electron chi connectivity index (χ0n) is 7.23. The van der Waals surface area contributed by atoms with E-state index in [1.807, 2.05) is 6.92 Å². The summed E-state index contributed by atoms with van der Waals surface area (Å²) in [5.74, 6) is 0. The van der Waals surface area contributed by atoms with Gasteiger partial charge in [-0.15, -0.1) is 0 Å². The average molecular weight is 271 g/mol. The molecule has 0 aromatic carbocycles. The fourth-order valence-corrected chi connectivity index (χ4v) is 1.72. The van der Waals surface area contributed by atoms with Crippen molar-refractivity contribution in [3.8, 4) is 0 Å². The van der Waals surface area contributed by atoms with Gasteiger partial charge in [0.15, 0.2) is 0 Å². The number of unbranched alkanes of at least 4 members (excludes halogenated alkanes) is 2. The minimum atomic E-state index is -0.318. The molecule has 0 amide bonds. The number of halogens is 1. The summed E-state index contributed by atoms with van der Waals surface area (Å²) in [6, 6.07) is 0. The van der Waals surface area contributed by atoms with Crippen LogP contribution in [0.15, 0.2) is 0 Å². The molecular formula is C8H16IO2-. The third-order valence-electron chi connectivity index (χ3n) is 1.21. The number of hydrogen-bond acceptors (Lipinski definition) is 2. The summed E-state index contributed by atoms with van der Waals surface area (Å²) in [5, 5.41) is 0. The summed E-state index contributed by atoms with van der Waals surface area (Å²) in [7, 11) is 0. The number of ether oxygens (including phenoxy) is 1. The van der Waals surface area contributed by atoms with E-state index >= 15 is 0 Å². The van der Waals surface area contributed by atoms with Gasteiger partial charge in [0.2, 0.25) is 0 Å². The molecule has 0 saturated heterocycles. The van der Waals surface area contributed by atoms with Gasteiger partial charge in [0.05, 0.1) is 0 Å². The van der Waals surface area contributed by atoms with Crippen molar-refractivity contribution in [1.29, 1.82) is 0 Å². The number of alkyl halides is 1. The summed E-state index contributed by atoms with van der Waals surface area (Å²) in [4.78, 5) is 10.8. The summed E-state index contributed by atoms with van der Waals surface area (Å²) >= 11 is -0.318. The first-order valence-electron chi connectivity index (χ1n) is 4.07. The van der Waals surface area contributed by atoms with Gasteiger partial charge in [-0.05, 0) is 0 Å². The molecule has 0 aliphatic rings. The normalized spacial score (nSPS) is 10.0. The molecule has 0 saturated carbocycles. The maximum absolute atomic E-state index is 10.8. The third kappa shape index (κ3) is 8.10. The van der Waals surface area contributed by atoms with Crippen LogP contribution < -0.4 is 21.2 Å². The van der Waals surface area contributed by atoms with Crippen LogP contribution in [-0.2, 0) is 4.74 Å². The second-order valence-electron chi connectivity index (χ2n) is 2.19. The molecule has 0 aromatic rings. The monoisotopic (exact) mass is 271 g/mol. The molecule has 0 aliphatic carbocycles.